The highest BCUT2D eigenvalue weighted by Gasteiger charge is 2.18. The fourth-order valence-electron chi connectivity index (χ4n) is 2.69. The Morgan fingerprint density at radius 2 is 1.83 bits per heavy atom. The molecule has 1 fully saturated rings. The first-order chi connectivity index (χ1) is 11.1. The summed E-state index contributed by atoms with van der Waals surface area (Å²) in [6.45, 7) is 0. The average Bonchev–Trinajstić information content (AvgIpc) is 3.06. The van der Waals surface area contributed by atoms with Crippen LogP contribution in [0, 0.1) is 0 Å². The van der Waals surface area contributed by atoms with E-state index in [0.29, 0.717) is 11.3 Å². The molecular weight excluding hydrogens is 337 g/mol. The van der Waals surface area contributed by atoms with Crippen LogP contribution < -0.4 is 10.9 Å². The van der Waals surface area contributed by atoms with E-state index in [1.54, 1.807) is 24.3 Å². The van der Waals surface area contributed by atoms with Gasteiger partial charge in [-0.2, -0.15) is 9.78 Å². The van der Waals surface area contributed by atoms with Crippen LogP contribution in [-0.4, -0.2) is 21.7 Å². The van der Waals surface area contributed by atoms with Gasteiger partial charge in [0, 0.05) is 11.6 Å². The van der Waals surface area contributed by atoms with Crippen LogP contribution in [0.1, 0.15) is 36.0 Å². The fraction of sp³-hybridized carbons (Fsp3) is 0.312. The number of rotatable bonds is 3. The van der Waals surface area contributed by atoms with E-state index in [0.717, 1.165) is 30.4 Å². The molecule has 5 nitrogen and oxygen atoms in total. The summed E-state index contributed by atoms with van der Waals surface area (Å²) in [5.41, 5.74) is 0.571. The van der Waals surface area contributed by atoms with Gasteiger partial charge in [0.05, 0.1) is 16.9 Å². The van der Waals surface area contributed by atoms with Crippen molar-refractivity contribution in [2.45, 2.75) is 31.7 Å². The molecule has 0 saturated heterocycles. The molecule has 1 aliphatic rings. The van der Waals surface area contributed by atoms with Crippen molar-refractivity contribution >= 4 is 29.1 Å². The number of amides is 1. The highest BCUT2D eigenvalue weighted by Crippen LogP contribution is 2.19. The molecule has 0 spiro atoms. The minimum atomic E-state index is -0.498. The van der Waals surface area contributed by atoms with Gasteiger partial charge < -0.3 is 5.32 Å². The topological polar surface area (TPSA) is 64.0 Å². The van der Waals surface area contributed by atoms with Gasteiger partial charge in [-0.3, -0.25) is 9.59 Å². The van der Waals surface area contributed by atoms with Crippen molar-refractivity contribution in [1.29, 1.82) is 0 Å². The maximum absolute atomic E-state index is 12.2. The lowest BCUT2D eigenvalue weighted by atomic mass is 10.1. The molecule has 1 N–H and O–H groups in total. The first-order valence-corrected chi connectivity index (χ1v) is 8.16. The number of nitrogens with one attached hydrogen (secondary N) is 1. The zero-order chi connectivity index (χ0) is 16.4. The van der Waals surface area contributed by atoms with Crippen molar-refractivity contribution in [3.8, 4) is 5.69 Å². The first-order valence-electron chi connectivity index (χ1n) is 7.41. The summed E-state index contributed by atoms with van der Waals surface area (Å²) in [5, 5.41) is 7.01. The largest absolute Gasteiger partial charge is 0.349 e. The Labute approximate surface area is 143 Å². The second-order valence-corrected chi connectivity index (χ2v) is 6.31. The van der Waals surface area contributed by atoms with Crippen molar-refractivity contribution in [1.82, 2.24) is 15.1 Å². The molecule has 7 heteroatoms. The molecule has 1 saturated carbocycles. The van der Waals surface area contributed by atoms with Gasteiger partial charge in [-0.25, -0.2) is 0 Å². The summed E-state index contributed by atoms with van der Waals surface area (Å²) >= 11 is 11.6. The number of aromatic nitrogens is 2. The van der Waals surface area contributed by atoms with Crippen LogP contribution >= 0.6 is 23.2 Å². The van der Waals surface area contributed by atoms with Crippen LogP contribution in [0.3, 0.4) is 0 Å². The van der Waals surface area contributed by atoms with Crippen molar-refractivity contribution < 1.29 is 4.79 Å². The van der Waals surface area contributed by atoms with Gasteiger partial charge in [0.25, 0.3) is 11.5 Å². The lowest BCUT2D eigenvalue weighted by molar-refractivity contribution is 0.0938. The summed E-state index contributed by atoms with van der Waals surface area (Å²) in [4.78, 5) is 24.2. The maximum Gasteiger partial charge on any atom is 0.291 e. The van der Waals surface area contributed by atoms with Crippen LogP contribution in [0.2, 0.25) is 10.0 Å². The third-order valence-corrected chi connectivity index (χ3v) is 4.69. The zero-order valence-corrected chi connectivity index (χ0v) is 13.8. The third kappa shape index (κ3) is 3.41. The molecule has 3 rings (SSSR count). The van der Waals surface area contributed by atoms with E-state index in [9.17, 15) is 9.59 Å². The van der Waals surface area contributed by atoms with Crippen molar-refractivity contribution in [3.05, 3.63) is 56.4 Å². The molecule has 1 aromatic heterocycles. The second kappa shape index (κ2) is 6.72. The average molecular weight is 352 g/mol. The van der Waals surface area contributed by atoms with E-state index < -0.39 is 5.56 Å². The molecule has 0 atom stereocenters. The summed E-state index contributed by atoms with van der Waals surface area (Å²) in [7, 11) is 0. The van der Waals surface area contributed by atoms with Gasteiger partial charge in [0.1, 0.15) is 5.02 Å². The number of nitrogens with zero attached hydrogens (tertiary/aromatic N) is 2. The molecule has 2 aromatic rings. The van der Waals surface area contributed by atoms with Crippen LogP contribution in [-0.2, 0) is 0 Å². The number of carbonyl (C=O) groups excluding carboxylic acids is 1. The standard InChI is InChI=1S/C16H15Cl2N3O2/c17-13-9-19-21(16(23)14(13)18)12-7-5-10(6-8-12)15(22)20-11-3-1-2-4-11/h5-9,11H,1-4H2,(H,20,22). The highest BCUT2D eigenvalue weighted by molar-refractivity contribution is 6.41. The molecule has 1 aliphatic carbocycles. The van der Waals surface area contributed by atoms with Gasteiger partial charge >= 0.3 is 0 Å². The van der Waals surface area contributed by atoms with Crippen LogP contribution in [0.5, 0.6) is 0 Å². The molecule has 1 heterocycles. The van der Waals surface area contributed by atoms with E-state index in [2.05, 4.69) is 10.4 Å². The van der Waals surface area contributed by atoms with Crippen molar-refractivity contribution in [2.24, 2.45) is 0 Å². The summed E-state index contributed by atoms with van der Waals surface area (Å²) in [6.07, 6.45) is 5.70. The third-order valence-electron chi connectivity index (χ3n) is 3.94. The fourth-order valence-corrected chi connectivity index (χ4v) is 2.94. The Hall–Kier alpha value is -1.85. The zero-order valence-electron chi connectivity index (χ0n) is 12.3. The Kier molecular flexibility index (Phi) is 4.68. The molecular formula is C16H15Cl2N3O2. The molecule has 23 heavy (non-hydrogen) atoms. The number of benzene rings is 1. The number of halogens is 2. The Morgan fingerprint density at radius 3 is 2.48 bits per heavy atom. The smallest absolute Gasteiger partial charge is 0.291 e. The predicted molar refractivity (Wildman–Crippen MR) is 89.6 cm³/mol. The van der Waals surface area contributed by atoms with Crippen molar-refractivity contribution in [3.63, 3.8) is 0 Å². The van der Waals surface area contributed by atoms with E-state index in [1.807, 2.05) is 0 Å². The monoisotopic (exact) mass is 351 g/mol. The minimum absolute atomic E-state index is 0.0790. The Balaban J connectivity index is 1.80. The summed E-state index contributed by atoms with van der Waals surface area (Å²) in [6, 6.07) is 6.90. The second-order valence-electron chi connectivity index (χ2n) is 5.53. The normalized spacial score (nSPS) is 14.9. The molecule has 0 aliphatic heterocycles. The number of hydrogen-bond acceptors (Lipinski definition) is 3. The highest BCUT2D eigenvalue weighted by atomic mass is 35.5. The maximum atomic E-state index is 12.2. The molecule has 120 valence electrons. The van der Waals surface area contributed by atoms with E-state index in [4.69, 9.17) is 23.2 Å². The molecule has 0 bridgehead atoms. The quantitative estimate of drug-likeness (QED) is 0.923. The first kappa shape index (κ1) is 16.0. The lowest BCUT2D eigenvalue weighted by Crippen LogP contribution is -2.32. The van der Waals surface area contributed by atoms with E-state index in [-0.39, 0.29) is 22.0 Å². The Bertz CT molecular complexity index is 781. The predicted octanol–water partition coefficient (Wildman–Crippen LogP) is 3.21. The minimum Gasteiger partial charge on any atom is -0.349 e. The van der Waals surface area contributed by atoms with E-state index >= 15 is 0 Å². The number of carbonyl (C=O) groups is 1. The van der Waals surface area contributed by atoms with Gasteiger partial charge in [0.2, 0.25) is 0 Å². The van der Waals surface area contributed by atoms with Gasteiger partial charge in [-0.15, -0.1) is 0 Å². The van der Waals surface area contributed by atoms with Crippen LogP contribution in [0.15, 0.2) is 35.3 Å². The molecule has 1 amide bonds. The number of hydrogen-bond donors (Lipinski definition) is 1. The SMILES string of the molecule is O=C(NC1CCCC1)c1ccc(-n2ncc(Cl)c(Cl)c2=O)cc1. The van der Waals surface area contributed by atoms with Gasteiger partial charge in [-0.1, -0.05) is 36.0 Å². The van der Waals surface area contributed by atoms with Gasteiger partial charge in [-0.05, 0) is 37.1 Å². The van der Waals surface area contributed by atoms with Crippen LogP contribution in [0.4, 0.5) is 0 Å². The molecule has 0 unspecified atom stereocenters. The molecule has 0 radical (unpaired) electrons. The van der Waals surface area contributed by atoms with E-state index in [1.165, 1.54) is 6.20 Å². The lowest BCUT2D eigenvalue weighted by Gasteiger charge is -2.12. The van der Waals surface area contributed by atoms with Crippen molar-refractivity contribution in [2.75, 3.05) is 0 Å². The summed E-state index contributed by atoms with van der Waals surface area (Å²) in [5.74, 6) is -0.0992. The molecule has 1 aromatic carbocycles. The summed E-state index contributed by atoms with van der Waals surface area (Å²) < 4.78 is 1.15. The Morgan fingerprint density at radius 1 is 1.17 bits per heavy atom. The van der Waals surface area contributed by atoms with Gasteiger partial charge in [0.15, 0.2) is 0 Å². The van der Waals surface area contributed by atoms with Crippen LogP contribution in [0.25, 0.3) is 5.69 Å².